The molecule has 2 aromatic rings. The van der Waals surface area contributed by atoms with Gasteiger partial charge in [0.1, 0.15) is 0 Å². The molecule has 92 valence electrons. The Kier molecular flexibility index (Phi) is 3.99. The van der Waals surface area contributed by atoms with Crippen LogP contribution in [0.5, 0.6) is 0 Å². The fourth-order valence-electron chi connectivity index (χ4n) is 1.59. The molecule has 0 radical (unpaired) electrons. The average molecular weight is 258 g/mol. The van der Waals surface area contributed by atoms with Gasteiger partial charge < -0.3 is 5.32 Å². The van der Waals surface area contributed by atoms with Crippen LogP contribution >= 0.6 is 12.6 Å². The summed E-state index contributed by atoms with van der Waals surface area (Å²) in [4.78, 5) is 16.8. The van der Waals surface area contributed by atoms with Gasteiger partial charge in [-0.05, 0) is 48.4 Å². The molecule has 2 rings (SSSR count). The van der Waals surface area contributed by atoms with Crippen LogP contribution in [0.1, 0.15) is 21.5 Å². The van der Waals surface area contributed by atoms with Crippen LogP contribution in [-0.4, -0.2) is 10.9 Å². The van der Waals surface area contributed by atoms with Crippen molar-refractivity contribution in [3.8, 4) is 0 Å². The Morgan fingerprint density at radius 2 is 2.00 bits per heavy atom. The summed E-state index contributed by atoms with van der Waals surface area (Å²) in [6.07, 6.45) is 3.52. The van der Waals surface area contributed by atoms with Gasteiger partial charge in [0.2, 0.25) is 0 Å². The van der Waals surface area contributed by atoms with Gasteiger partial charge in [-0.15, -0.1) is 12.6 Å². The number of aryl methyl sites for hydroxylation is 1. The molecule has 0 saturated heterocycles. The van der Waals surface area contributed by atoms with Crippen LogP contribution in [0.4, 0.5) is 0 Å². The van der Waals surface area contributed by atoms with Crippen LogP contribution in [0.3, 0.4) is 0 Å². The van der Waals surface area contributed by atoms with E-state index in [1.165, 1.54) is 0 Å². The lowest BCUT2D eigenvalue weighted by Gasteiger charge is -2.07. The zero-order valence-corrected chi connectivity index (χ0v) is 10.9. The van der Waals surface area contributed by atoms with Crippen LogP contribution in [0.25, 0.3) is 0 Å². The highest BCUT2D eigenvalue weighted by Gasteiger charge is 2.05. The lowest BCUT2D eigenvalue weighted by molar-refractivity contribution is 0.0951. The number of pyridine rings is 1. The number of carbonyl (C=O) groups excluding carboxylic acids is 1. The molecule has 0 spiro atoms. The third-order valence-corrected chi connectivity index (χ3v) is 3.00. The highest BCUT2D eigenvalue weighted by atomic mass is 32.1. The molecule has 1 aromatic carbocycles. The fraction of sp³-hybridized carbons (Fsp3) is 0.143. The van der Waals surface area contributed by atoms with E-state index in [1.54, 1.807) is 36.7 Å². The van der Waals surface area contributed by atoms with Gasteiger partial charge >= 0.3 is 0 Å². The van der Waals surface area contributed by atoms with Crippen molar-refractivity contribution in [1.29, 1.82) is 0 Å². The lowest BCUT2D eigenvalue weighted by atomic mass is 10.1. The van der Waals surface area contributed by atoms with E-state index in [2.05, 4.69) is 22.9 Å². The molecule has 0 aliphatic rings. The third kappa shape index (κ3) is 3.11. The molecule has 0 aliphatic carbocycles. The minimum atomic E-state index is -0.0838. The average Bonchev–Trinajstić information content (AvgIpc) is 2.38. The molecular formula is C14H14N2OS. The second-order valence-electron chi connectivity index (χ2n) is 4.03. The smallest absolute Gasteiger partial charge is 0.251 e. The van der Waals surface area contributed by atoms with Gasteiger partial charge in [0.25, 0.3) is 5.91 Å². The van der Waals surface area contributed by atoms with Crippen LogP contribution in [0.15, 0.2) is 47.6 Å². The second-order valence-corrected chi connectivity index (χ2v) is 4.55. The van der Waals surface area contributed by atoms with E-state index in [-0.39, 0.29) is 5.91 Å². The fourth-order valence-corrected chi connectivity index (χ4v) is 1.74. The normalized spacial score (nSPS) is 10.1. The maximum atomic E-state index is 11.9. The molecule has 1 amide bonds. The Bertz CT molecular complexity index is 552. The van der Waals surface area contributed by atoms with Gasteiger partial charge in [-0.25, -0.2) is 0 Å². The van der Waals surface area contributed by atoms with E-state index in [9.17, 15) is 4.79 Å². The van der Waals surface area contributed by atoms with Crippen LogP contribution < -0.4 is 5.32 Å². The van der Waals surface area contributed by atoms with Crippen molar-refractivity contribution in [2.45, 2.75) is 18.4 Å². The number of nitrogens with zero attached hydrogens (tertiary/aromatic N) is 1. The third-order valence-electron chi connectivity index (χ3n) is 2.71. The minimum Gasteiger partial charge on any atom is -0.348 e. The largest absolute Gasteiger partial charge is 0.348 e. The van der Waals surface area contributed by atoms with Crippen molar-refractivity contribution in [1.82, 2.24) is 10.3 Å². The van der Waals surface area contributed by atoms with Crippen molar-refractivity contribution in [3.05, 3.63) is 59.4 Å². The maximum Gasteiger partial charge on any atom is 0.251 e. The van der Waals surface area contributed by atoms with Crippen LogP contribution in [0.2, 0.25) is 0 Å². The first-order valence-electron chi connectivity index (χ1n) is 5.63. The molecule has 3 nitrogen and oxygen atoms in total. The summed E-state index contributed by atoms with van der Waals surface area (Å²) in [5, 5.41) is 2.88. The molecule has 0 aliphatic heterocycles. The van der Waals surface area contributed by atoms with E-state index < -0.39 is 0 Å². The van der Waals surface area contributed by atoms with Crippen LogP contribution in [-0.2, 0) is 6.54 Å². The highest BCUT2D eigenvalue weighted by Crippen LogP contribution is 2.08. The zero-order chi connectivity index (χ0) is 13.0. The number of amides is 1. The summed E-state index contributed by atoms with van der Waals surface area (Å²) in [6.45, 7) is 2.49. The monoisotopic (exact) mass is 258 g/mol. The molecule has 18 heavy (non-hydrogen) atoms. The van der Waals surface area contributed by atoms with E-state index >= 15 is 0 Å². The van der Waals surface area contributed by atoms with Gasteiger partial charge in [-0.3, -0.25) is 9.78 Å². The quantitative estimate of drug-likeness (QED) is 0.831. The minimum absolute atomic E-state index is 0.0838. The van der Waals surface area contributed by atoms with Crippen molar-refractivity contribution in [2.75, 3.05) is 0 Å². The summed E-state index contributed by atoms with van der Waals surface area (Å²) in [5.74, 6) is -0.0838. The van der Waals surface area contributed by atoms with E-state index in [4.69, 9.17) is 0 Å². The number of hydrogen-bond donors (Lipinski definition) is 2. The van der Waals surface area contributed by atoms with E-state index in [0.717, 1.165) is 16.0 Å². The van der Waals surface area contributed by atoms with E-state index in [0.29, 0.717) is 12.1 Å². The summed E-state index contributed by atoms with van der Waals surface area (Å²) < 4.78 is 0. The molecule has 1 N–H and O–H groups in total. The summed E-state index contributed by atoms with van der Waals surface area (Å²) in [6, 6.07) is 9.03. The number of aromatic nitrogens is 1. The molecule has 0 fully saturated rings. The Morgan fingerprint density at radius 1 is 1.28 bits per heavy atom. The molecule has 0 unspecified atom stereocenters. The Balaban J connectivity index is 2.01. The van der Waals surface area contributed by atoms with Crippen LogP contribution in [0, 0.1) is 6.92 Å². The summed E-state index contributed by atoms with van der Waals surface area (Å²) in [7, 11) is 0. The number of carbonyl (C=O) groups is 1. The first-order chi connectivity index (χ1) is 8.66. The Labute approximate surface area is 112 Å². The van der Waals surface area contributed by atoms with Gasteiger partial charge in [-0.2, -0.15) is 0 Å². The first kappa shape index (κ1) is 12.6. The number of hydrogen-bond acceptors (Lipinski definition) is 3. The molecule has 1 aromatic heterocycles. The highest BCUT2D eigenvalue weighted by molar-refractivity contribution is 7.80. The van der Waals surface area contributed by atoms with Crippen molar-refractivity contribution in [2.24, 2.45) is 0 Å². The summed E-state index contributed by atoms with van der Waals surface area (Å²) >= 11 is 4.18. The summed E-state index contributed by atoms with van der Waals surface area (Å²) in [5.41, 5.74) is 2.78. The van der Waals surface area contributed by atoms with Crippen molar-refractivity contribution >= 4 is 18.5 Å². The lowest BCUT2D eigenvalue weighted by Crippen LogP contribution is -2.23. The van der Waals surface area contributed by atoms with Gasteiger partial charge in [0.05, 0.1) is 0 Å². The van der Waals surface area contributed by atoms with Gasteiger partial charge in [-0.1, -0.05) is 0 Å². The number of thiol groups is 1. The molecular weight excluding hydrogens is 244 g/mol. The SMILES string of the molecule is Cc1cnccc1CNC(=O)c1ccc(S)cc1. The number of benzene rings is 1. The van der Waals surface area contributed by atoms with E-state index in [1.807, 2.05) is 13.0 Å². The molecule has 0 bridgehead atoms. The first-order valence-corrected chi connectivity index (χ1v) is 6.08. The molecule has 0 atom stereocenters. The molecule has 4 heteroatoms. The zero-order valence-electron chi connectivity index (χ0n) is 10.1. The molecule has 1 heterocycles. The standard InChI is InChI=1S/C14H14N2OS/c1-10-8-15-7-6-12(10)9-16-14(17)11-2-4-13(18)5-3-11/h2-8,18H,9H2,1H3,(H,16,17). The topological polar surface area (TPSA) is 42.0 Å². The van der Waals surface area contributed by atoms with Gasteiger partial charge in [0, 0.05) is 29.4 Å². The molecule has 0 saturated carbocycles. The number of nitrogens with one attached hydrogen (secondary N) is 1. The Hall–Kier alpha value is -1.81. The van der Waals surface area contributed by atoms with Gasteiger partial charge in [0.15, 0.2) is 0 Å². The predicted octanol–water partition coefficient (Wildman–Crippen LogP) is 2.61. The Morgan fingerprint density at radius 3 is 2.67 bits per heavy atom. The number of rotatable bonds is 3. The second kappa shape index (κ2) is 5.69. The van der Waals surface area contributed by atoms with Crippen molar-refractivity contribution < 1.29 is 4.79 Å². The predicted molar refractivity (Wildman–Crippen MR) is 73.8 cm³/mol. The van der Waals surface area contributed by atoms with Crippen molar-refractivity contribution in [3.63, 3.8) is 0 Å². The maximum absolute atomic E-state index is 11.9.